The molecular weight excluding hydrogens is 462 g/mol. The molecule has 1 unspecified atom stereocenters. The third-order valence-corrected chi connectivity index (χ3v) is 6.42. The van der Waals surface area contributed by atoms with Crippen LogP contribution in [0.5, 0.6) is 11.5 Å². The van der Waals surface area contributed by atoms with Gasteiger partial charge in [0.05, 0.1) is 11.7 Å². The maximum atomic E-state index is 10.9. The summed E-state index contributed by atoms with van der Waals surface area (Å²) >= 11 is 0. The lowest BCUT2D eigenvalue weighted by atomic mass is 10.0. The van der Waals surface area contributed by atoms with Crippen LogP contribution in [0.4, 0.5) is 0 Å². The van der Waals surface area contributed by atoms with Crippen molar-refractivity contribution in [2.24, 2.45) is 0 Å². The molecule has 0 amide bonds. The normalized spacial score (nSPS) is 11.9. The van der Waals surface area contributed by atoms with Crippen LogP contribution < -0.4 is 4.74 Å². The van der Waals surface area contributed by atoms with Crippen molar-refractivity contribution in [3.05, 3.63) is 76.9 Å². The molecule has 0 fully saturated rings. The highest BCUT2D eigenvalue weighted by Crippen LogP contribution is 2.34. The van der Waals surface area contributed by atoms with Crippen LogP contribution in [0.2, 0.25) is 0 Å². The molecule has 2 N–H and O–H groups in total. The summed E-state index contributed by atoms with van der Waals surface area (Å²) in [6.45, 7) is 10.5. The topological polar surface area (TPSA) is 88.4 Å². The monoisotopic (exact) mass is 497 g/mol. The van der Waals surface area contributed by atoms with E-state index in [1.807, 2.05) is 38.1 Å². The first-order chi connectivity index (χ1) is 17.7. The Morgan fingerprint density at radius 1 is 0.730 bits per heavy atom. The second-order valence-corrected chi connectivity index (χ2v) is 9.73. The van der Waals surface area contributed by atoms with Gasteiger partial charge in [0, 0.05) is 17.2 Å². The number of aliphatic hydroxyl groups is 1. The van der Waals surface area contributed by atoms with Gasteiger partial charge >= 0.3 is 0 Å². The van der Waals surface area contributed by atoms with Crippen molar-refractivity contribution in [1.82, 2.24) is 15.0 Å². The number of aliphatic hydroxyl groups excluding tert-OH is 1. The SMILES string of the molecule is CCCCC(O)COc1ccc(-c2nc(-c3ccc(C)cc3C)nc(-c3ccc(C)cc3C)n2)c(O)c1. The molecule has 6 heteroatoms. The highest BCUT2D eigenvalue weighted by molar-refractivity contribution is 5.72. The van der Waals surface area contributed by atoms with Crippen LogP contribution in [0.1, 0.15) is 48.4 Å². The summed E-state index contributed by atoms with van der Waals surface area (Å²) in [6, 6.07) is 17.4. The largest absolute Gasteiger partial charge is 0.507 e. The first kappa shape index (κ1) is 26.3. The van der Waals surface area contributed by atoms with E-state index in [0.717, 1.165) is 46.2 Å². The standard InChI is InChI=1S/C31H35N3O3/c1-6-7-8-23(35)18-37-24-11-14-27(28(36)17-24)31-33-29(25-12-9-19(2)15-21(25)4)32-30(34-31)26-13-10-20(3)16-22(26)5/h9-17,23,35-36H,6-8,18H2,1-5H3. The summed E-state index contributed by atoms with van der Waals surface area (Å²) in [5.74, 6) is 1.97. The van der Waals surface area contributed by atoms with Gasteiger partial charge in [0.1, 0.15) is 18.1 Å². The first-order valence-electron chi connectivity index (χ1n) is 12.8. The molecule has 0 spiro atoms. The summed E-state index contributed by atoms with van der Waals surface area (Å²) in [7, 11) is 0. The molecule has 0 aliphatic heterocycles. The molecule has 37 heavy (non-hydrogen) atoms. The number of benzene rings is 3. The number of phenolic OH excluding ortho intramolecular Hbond substituents is 1. The molecule has 0 saturated carbocycles. The molecule has 1 heterocycles. The average molecular weight is 498 g/mol. The third-order valence-electron chi connectivity index (χ3n) is 6.42. The van der Waals surface area contributed by atoms with Crippen molar-refractivity contribution in [3.8, 4) is 45.7 Å². The van der Waals surface area contributed by atoms with Gasteiger partial charge in [0.2, 0.25) is 0 Å². The van der Waals surface area contributed by atoms with Gasteiger partial charge in [-0.3, -0.25) is 0 Å². The molecule has 0 aliphatic carbocycles. The molecule has 192 valence electrons. The van der Waals surface area contributed by atoms with Gasteiger partial charge in [-0.25, -0.2) is 15.0 Å². The van der Waals surface area contributed by atoms with Crippen LogP contribution in [0.3, 0.4) is 0 Å². The maximum Gasteiger partial charge on any atom is 0.167 e. The van der Waals surface area contributed by atoms with E-state index in [0.29, 0.717) is 35.2 Å². The molecule has 0 aliphatic rings. The minimum Gasteiger partial charge on any atom is -0.507 e. The van der Waals surface area contributed by atoms with Gasteiger partial charge in [-0.1, -0.05) is 67.3 Å². The van der Waals surface area contributed by atoms with E-state index in [-0.39, 0.29) is 12.4 Å². The predicted molar refractivity (Wildman–Crippen MR) is 148 cm³/mol. The minimum atomic E-state index is -0.536. The first-order valence-corrected chi connectivity index (χ1v) is 12.8. The zero-order valence-electron chi connectivity index (χ0n) is 22.2. The lowest BCUT2D eigenvalue weighted by molar-refractivity contribution is 0.0979. The van der Waals surface area contributed by atoms with E-state index >= 15 is 0 Å². The molecule has 0 bridgehead atoms. The van der Waals surface area contributed by atoms with Crippen LogP contribution in [0.25, 0.3) is 34.2 Å². The Morgan fingerprint density at radius 2 is 1.24 bits per heavy atom. The fraction of sp³-hybridized carbons (Fsp3) is 0.323. The number of aromatic nitrogens is 3. The van der Waals surface area contributed by atoms with E-state index in [9.17, 15) is 10.2 Å². The molecular formula is C31H35N3O3. The summed E-state index contributed by atoms with van der Waals surface area (Å²) in [5, 5.41) is 21.0. The smallest absolute Gasteiger partial charge is 0.167 e. The van der Waals surface area contributed by atoms with E-state index in [1.165, 1.54) is 0 Å². The fourth-order valence-electron chi connectivity index (χ4n) is 4.37. The summed E-state index contributed by atoms with van der Waals surface area (Å²) < 4.78 is 5.71. The average Bonchev–Trinajstić information content (AvgIpc) is 2.86. The third kappa shape index (κ3) is 6.33. The van der Waals surface area contributed by atoms with Crippen molar-refractivity contribution >= 4 is 0 Å². The lowest BCUT2D eigenvalue weighted by Crippen LogP contribution is -2.17. The Bertz CT molecular complexity index is 1330. The highest BCUT2D eigenvalue weighted by Gasteiger charge is 2.17. The predicted octanol–water partition coefficient (Wildman–Crippen LogP) is 6.74. The van der Waals surface area contributed by atoms with Crippen molar-refractivity contribution in [1.29, 1.82) is 0 Å². The summed E-state index contributed by atoms with van der Waals surface area (Å²) in [6.07, 6.45) is 2.12. The van der Waals surface area contributed by atoms with Crippen LogP contribution in [-0.2, 0) is 0 Å². The number of rotatable bonds is 9. The quantitative estimate of drug-likeness (QED) is 0.266. The molecule has 1 aromatic heterocycles. The van der Waals surface area contributed by atoms with Crippen LogP contribution in [0, 0.1) is 27.7 Å². The van der Waals surface area contributed by atoms with Crippen molar-refractivity contribution in [2.45, 2.75) is 60.0 Å². The Kier molecular flexibility index (Phi) is 8.19. The zero-order valence-corrected chi connectivity index (χ0v) is 22.2. The van der Waals surface area contributed by atoms with E-state index in [2.05, 4.69) is 32.9 Å². The second-order valence-electron chi connectivity index (χ2n) is 9.73. The molecule has 1 atom stereocenters. The molecule has 4 aromatic rings. The molecule has 4 rings (SSSR count). The van der Waals surface area contributed by atoms with E-state index in [1.54, 1.807) is 18.2 Å². The zero-order chi connectivity index (χ0) is 26.5. The summed E-state index contributed by atoms with van der Waals surface area (Å²) in [4.78, 5) is 14.4. The lowest BCUT2D eigenvalue weighted by Gasteiger charge is -2.14. The number of hydrogen-bond acceptors (Lipinski definition) is 6. The Hall–Kier alpha value is -3.77. The van der Waals surface area contributed by atoms with Gasteiger partial charge in [-0.2, -0.15) is 0 Å². The highest BCUT2D eigenvalue weighted by atomic mass is 16.5. The van der Waals surface area contributed by atoms with Gasteiger partial charge < -0.3 is 14.9 Å². The van der Waals surface area contributed by atoms with Crippen LogP contribution >= 0.6 is 0 Å². The number of aromatic hydroxyl groups is 1. The van der Waals surface area contributed by atoms with Crippen LogP contribution in [-0.4, -0.2) is 37.9 Å². The van der Waals surface area contributed by atoms with Gasteiger partial charge in [0.25, 0.3) is 0 Å². The summed E-state index contributed by atoms with van der Waals surface area (Å²) in [5.41, 5.74) is 6.79. The number of hydrogen-bond donors (Lipinski definition) is 2. The van der Waals surface area contributed by atoms with Gasteiger partial charge in [0.15, 0.2) is 17.5 Å². The van der Waals surface area contributed by atoms with Crippen molar-refractivity contribution in [2.75, 3.05) is 6.61 Å². The minimum absolute atomic E-state index is 0.00454. The van der Waals surface area contributed by atoms with Crippen molar-refractivity contribution in [3.63, 3.8) is 0 Å². The van der Waals surface area contributed by atoms with Gasteiger partial charge in [-0.15, -0.1) is 0 Å². The number of nitrogens with zero attached hydrogens (tertiary/aromatic N) is 3. The van der Waals surface area contributed by atoms with Crippen molar-refractivity contribution < 1.29 is 14.9 Å². The van der Waals surface area contributed by atoms with Gasteiger partial charge in [-0.05, 0) is 57.4 Å². The fourth-order valence-corrected chi connectivity index (χ4v) is 4.37. The number of phenols is 1. The van der Waals surface area contributed by atoms with Crippen LogP contribution in [0.15, 0.2) is 54.6 Å². The Morgan fingerprint density at radius 3 is 1.73 bits per heavy atom. The number of aryl methyl sites for hydroxylation is 4. The molecule has 0 saturated heterocycles. The Labute approximate surface area is 219 Å². The molecule has 6 nitrogen and oxygen atoms in total. The molecule has 0 radical (unpaired) electrons. The second kappa shape index (κ2) is 11.5. The number of unbranched alkanes of at least 4 members (excludes halogenated alkanes) is 1. The number of ether oxygens (including phenoxy) is 1. The van der Waals surface area contributed by atoms with E-state index < -0.39 is 6.10 Å². The van der Waals surface area contributed by atoms with E-state index in [4.69, 9.17) is 19.7 Å². The Balaban J connectivity index is 1.75. The molecule has 3 aromatic carbocycles. The maximum absolute atomic E-state index is 10.9.